The molecule has 0 aromatic heterocycles. The molecular formula is C23H24N2O2. The first kappa shape index (κ1) is 18.8. The number of hydrogen-bond acceptors (Lipinski definition) is 4. The van der Waals surface area contributed by atoms with Crippen molar-refractivity contribution in [1.82, 2.24) is 0 Å². The molecule has 138 valence electrons. The van der Waals surface area contributed by atoms with E-state index in [9.17, 15) is 0 Å². The van der Waals surface area contributed by atoms with Crippen LogP contribution in [0.1, 0.15) is 51.2 Å². The molecule has 1 fully saturated rings. The molecule has 1 unspecified atom stereocenters. The highest BCUT2D eigenvalue weighted by molar-refractivity contribution is 5.44. The van der Waals surface area contributed by atoms with Crippen LogP contribution < -0.4 is 9.47 Å². The van der Waals surface area contributed by atoms with E-state index >= 15 is 0 Å². The number of ether oxygens (including phenoxy) is 2. The van der Waals surface area contributed by atoms with Crippen molar-refractivity contribution >= 4 is 0 Å². The second-order valence-electron chi connectivity index (χ2n) is 8.37. The predicted octanol–water partition coefficient (Wildman–Crippen LogP) is 5.54. The first-order chi connectivity index (χ1) is 12.9. The Morgan fingerprint density at radius 3 is 1.63 bits per heavy atom. The zero-order valence-electron chi connectivity index (χ0n) is 16.0. The van der Waals surface area contributed by atoms with E-state index in [4.69, 9.17) is 20.0 Å². The number of rotatable bonds is 4. The first-order valence-corrected chi connectivity index (χ1v) is 9.21. The maximum Gasteiger partial charge on any atom is 0.292 e. The van der Waals surface area contributed by atoms with Gasteiger partial charge in [0.15, 0.2) is 0 Å². The van der Waals surface area contributed by atoms with Gasteiger partial charge in [0.2, 0.25) is 0 Å². The number of nitrogens with zero attached hydrogens (tertiary/aromatic N) is 2. The minimum Gasteiger partial charge on any atom is -0.388 e. The van der Waals surface area contributed by atoms with Crippen LogP contribution >= 0.6 is 0 Å². The number of nitriles is 2. The second kappa shape index (κ2) is 7.33. The van der Waals surface area contributed by atoms with E-state index in [1.54, 1.807) is 12.5 Å². The van der Waals surface area contributed by atoms with Crippen molar-refractivity contribution in [3.63, 3.8) is 0 Å². The monoisotopic (exact) mass is 360 g/mol. The third-order valence-corrected chi connectivity index (χ3v) is 5.52. The fourth-order valence-electron chi connectivity index (χ4n) is 4.97. The summed E-state index contributed by atoms with van der Waals surface area (Å²) in [6.45, 7) is 6.98. The van der Waals surface area contributed by atoms with Gasteiger partial charge in [-0.2, -0.15) is 0 Å². The first-order valence-electron chi connectivity index (χ1n) is 9.21. The summed E-state index contributed by atoms with van der Waals surface area (Å²) < 4.78 is 9.90. The Morgan fingerprint density at radius 2 is 1.26 bits per heavy atom. The quantitative estimate of drug-likeness (QED) is 0.672. The lowest BCUT2D eigenvalue weighted by atomic mass is 9.55. The van der Waals surface area contributed by atoms with Crippen molar-refractivity contribution < 1.29 is 9.47 Å². The Balaban J connectivity index is 2.09. The molecule has 0 spiro atoms. The highest BCUT2D eigenvalue weighted by Gasteiger charge is 2.45. The molecule has 1 aliphatic rings. The minimum atomic E-state index is -0.127. The zero-order chi connectivity index (χ0) is 19.5. The molecule has 4 heteroatoms. The van der Waals surface area contributed by atoms with Crippen LogP contribution in [0.4, 0.5) is 0 Å². The maximum absolute atomic E-state index is 8.73. The van der Waals surface area contributed by atoms with Crippen LogP contribution in [-0.4, -0.2) is 0 Å². The minimum absolute atomic E-state index is 0.127. The molecular weight excluding hydrogens is 336 g/mol. The number of benzene rings is 2. The van der Waals surface area contributed by atoms with E-state index in [1.807, 2.05) is 24.3 Å². The second-order valence-corrected chi connectivity index (χ2v) is 8.37. The Morgan fingerprint density at radius 1 is 0.815 bits per heavy atom. The fourth-order valence-corrected chi connectivity index (χ4v) is 4.97. The lowest BCUT2D eigenvalue weighted by Crippen LogP contribution is -2.41. The van der Waals surface area contributed by atoms with Crippen molar-refractivity contribution in [3.8, 4) is 24.0 Å². The summed E-state index contributed by atoms with van der Waals surface area (Å²) in [7, 11) is 0. The summed E-state index contributed by atoms with van der Waals surface area (Å²) in [6, 6.07) is 15.7. The van der Waals surface area contributed by atoms with Gasteiger partial charge >= 0.3 is 0 Å². The average molecular weight is 360 g/mol. The van der Waals surface area contributed by atoms with Crippen molar-refractivity contribution in [3.05, 3.63) is 59.7 Å². The summed E-state index contributed by atoms with van der Waals surface area (Å²) in [5.74, 6) is 1.69. The van der Waals surface area contributed by atoms with E-state index in [2.05, 4.69) is 45.0 Å². The Labute approximate surface area is 161 Å². The molecule has 0 saturated heterocycles. The zero-order valence-corrected chi connectivity index (χ0v) is 16.0. The van der Waals surface area contributed by atoms with Crippen LogP contribution in [0.25, 0.3) is 0 Å². The molecule has 0 bridgehead atoms. The molecule has 1 atom stereocenters. The average Bonchev–Trinajstić information content (AvgIpc) is 2.62. The van der Waals surface area contributed by atoms with Crippen molar-refractivity contribution in [2.24, 2.45) is 11.3 Å². The largest absolute Gasteiger partial charge is 0.388 e. The van der Waals surface area contributed by atoms with E-state index in [0.29, 0.717) is 17.4 Å². The molecule has 2 aromatic carbocycles. The van der Waals surface area contributed by atoms with Crippen LogP contribution in [0.15, 0.2) is 48.5 Å². The van der Waals surface area contributed by atoms with E-state index in [1.165, 1.54) is 17.5 Å². The summed E-state index contributed by atoms with van der Waals surface area (Å²) in [5.41, 5.74) is 2.53. The molecule has 0 heterocycles. The van der Waals surface area contributed by atoms with Gasteiger partial charge in [-0.3, -0.25) is 0 Å². The van der Waals surface area contributed by atoms with Gasteiger partial charge in [0.05, 0.1) is 0 Å². The summed E-state index contributed by atoms with van der Waals surface area (Å²) in [5, 5.41) is 17.5. The van der Waals surface area contributed by atoms with Gasteiger partial charge in [-0.15, -0.1) is 10.5 Å². The topological polar surface area (TPSA) is 66.0 Å². The maximum atomic E-state index is 8.73. The van der Waals surface area contributed by atoms with Gasteiger partial charge in [-0.25, -0.2) is 0 Å². The van der Waals surface area contributed by atoms with Crippen LogP contribution in [0.5, 0.6) is 11.5 Å². The number of hydrogen-bond donors (Lipinski definition) is 0. The van der Waals surface area contributed by atoms with E-state index < -0.39 is 0 Å². The van der Waals surface area contributed by atoms with Crippen molar-refractivity contribution in [1.29, 1.82) is 10.5 Å². The van der Waals surface area contributed by atoms with Crippen LogP contribution in [0.2, 0.25) is 0 Å². The molecule has 0 aliphatic heterocycles. The normalized spacial score (nSPS) is 20.1. The standard InChI is InChI=1S/C23H24N2O2/c1-17-12-22(2,3)14-23(13-17,18-4-8-20(9-5-18)26-15-24)19-6-10-21(11-7-19)27-16-25/h4-11,17H,12-14H2,1-3H3. The van der Waals surface area contributed by atoms with Crippen LogP contribution in [-0.2, 0) is 5.41 Å². The molecule has 3 rings (SSSR count). The fraction of sp³-hybridized carbons (Fsp3) is 0.391. The van der Waals surface area contributed by atoms with Gasteiger partial charge in [-0.1, -0.05) is 45.0 Å². The molecule has 4 nitrogen and oxygen atoms in total. The lowest BCUT2D eigenvalue weighted by Gasteiger charge is -2.48. The predicted molar refractivity (Wildman–Crippen MR) is 103 cm³/mol. The smallest absolute Gasteiger partial charge is 0.292 e. The molecule has 1 aliphatic carbocycles. The Bertz CT molecular complexity index is 811. The molecule has 27 heavy (non-hydrogen) atoms. The molecule has 1 saturated carbocycles. The molecule has 0 radical (unpaired) electrons. The van der Waals surface area contributed by atoms with E-state index in [-0.39, 0.29) is 10.8 Å². The molecule has 0 N–H and O–H groups in total. The van der Waals surface area contributed by atoms with Crippen LogP contribution in [0.3, 0.4) is 0 Å². The summed E-state index contributed by atoms with van der Waals surface area (Å²) in [4.78, 5) is 0. The summed E-state index contributed by atoms with van der Waals surface area (Å²) in [6.07, 6.45) is 6.72. The van der Waals surface area contributed by atoms with Gasteiger partial charge in [0, 0.05) is 5.41 Å². The highest BCUT2D eigenvalue weighted by atomic mass is 16.5. The third-order valence-electron chi connectivity index (χ3n) is 5.52. The van der Waals surface area contributed by atoms with Crippen LogP contribution in [0, 0.1) is 34.4 Å². The van der Waals surface area contributed by atoms with Gasteiger partial charge in [-0.05, 0) is 66.0 Å². The van der Waals surface area contributed by atoms with E-state index in [0.717, 1.165) is 12.8 Å². The summed E-state index contributed by atoms with van der Waals surface area (Å²) >= 11 is 0. The van der Waals surface area contributed by atoms with Crippen molar-refractivity contribution in [2.75, 3.05) is 0 Å². The lowest BCUT2D eigenvalue weighted by molar-refractivity contribution is 0.127. The Kier molecular flexibility index (Phi) is 5.10. The molecule has 0 amide bonds. The molecule has 2 aromatic rings. The van der Waals surface area contributed by atoms with Gasteiger partial charge < -0.3 is 9.47 Å². The van der Waals surface area contributed by atoms with Gasteiger partial charge in [0.25, 0.3) is 12.5 Å². The SMILES string of the molecule is CC1CC(C)(C)CC(c2ccc(OC#N)cc2)(c2ccc(OC#N)cc2)C1. The highest BCUT2D eigenvalue weighted by Crippen LogP contribution is 2.53. The van der Waals surface area contributed by atoms with Crippen molar-refractivity contribution in [2.45, 2.75) is 45.4 Å². The third kappa shape index (κ3) is 3.91. The van der Waals surface area contributed by atoms with Gasteiger partial charge in [0.1, 0.15) is 11.5 Å². The Hall–Kier alpha value is -2.98.